The van der Waals surface area contributed by atoms with Gasteiger partial charge in [-0.2, -0.15) is 0 Å². The Morgan fingerprint density at radius 3 is 2.67 bits per heavy atom. The van der Waals surface area contributed by atoms with Crippen molar-refractivity contribution in [1.29, 1.82) is 0 Å². The second kappa shape index (κ2) is 9.09. The summed E-state index contributed by atoms with van der Waals surface area (Å²) in [6, 6.07) is 6.59. The highest BCUT2D eigenvalue weighted by Crippen LogP contribution is 2.33. The molecule has 21 heavy (non-hydrogen) atoms. The van der Waals surface area contributed by atoms with Crippen molar-refractivity contribution in [3.8, 4) is 5.75 Å². The smallest absolute Gasteiger partial charge is 0.127 e. The van der Waals surface area contributed by atoms with E-state index in [2.05, 4.69) is 25.1 Å². The van der Waals surface area contributed by atoms with Crippen LogP contribution in [0.5, 0.6) is 5.75 Å². The third-order valence-electron chi connectivity index (χ3n) is 4.48. The fourth-order valence-electron chi connectivity index (χ4n) is 3.18. The second-order valence-electron chi connectivity index (χ2n) is 6.30. The molecule has 0 fully saturated rings. The molecule has 2 N–H and O–H groups in total. The molecule has 0 saturated carbocycles. The van der Waals surface area contributed by atoms with Crippen LogP contribution in [0.15, 0.2) is 18.2 Å². The van der Waals surface area contributed by atoms with Crippen molar-refractivity contribution in [3.63, 3.8) is 0 Å². The molecule has 0 radical (unpaired) electrons. The molecule has 0 aromatic heterocycles. The number of unbranched alkanes of at least 4 members (excludes halogenated alkanes) is 6. The van der Waals surface area contributed by atoms with Crippen molar-refractivity contribution in [1.82, 2.24) is 0 Å². The van der Waals surface area contributed by atoms with E-state index in [0.29, 0.717) is 0 Å². The maximum Gasteiger partial charge on any atom is 0.127 e. The lowest BCUT2D eigenvalue weighted by molar-refractivity contribution is 0.282. The number of benzene rings is 1. The highest BCUT2D eigenvalue weighted by Gasteiger charge is 2.18. The summed E-state index contributed by atoms with van der Waals surface area (Å²) in [7, 11) is 0. The summed E-state index contributed by atoms with van der Waals surface area (Å²) >= 11 is 0. The van der Waals surface area contributed by atoms with Crippen LogP contribution in [0.4, 0.5) is 0 Å². The molecule has 1 aromatic carbocycles. The molecule has 1 unspecified atom stereocenters. The summed E-state index contributed by atoms with van der Waals surface area (Å²) in [6.45, 7) is 3.11. The number of ether oxygens (including phenoxy) is 1. The Morgan fingerprint density at radius 1 is 1.10 bits per heavy atom. The molecule has 1 aliphatic rings. The second-order valence-corrected chi connectivity index (χ2v) is 6.30. The first-order valence-electron chi connectivity index (χ1n) is 8.83. The van der Waals surface area contributed by atoms with Crippen LogP contribution in [0.1, 0.15) is 81.9 Å². The minimum atomic E-state index is 0.133. The molecule has 0 spiro atoms. The van der Waals surface area contributed by atoms with E-state index in [9.17, 15) is 0 Å². The molecule has 2 rings (SSSR count). The molecule has 1 atom stereocenters. The largest absolute Gasteiger partial charge is 0.493 e. The van der Waals surface area contributed by atoms with E-state index in [0.717, 1.165) is 31.6 Å². The maximum absolute atomic E-state index is 6.40. The molecular formula is C19H31NO. The number of hydrogen-bond donors (Lipinski definition) is 1. The maximum atomic E-state index is 6.40. The Hall–Kier alpha value is -1.02. The van der Waals surface area contributed by atoms with Crippen LogP contribution in [0.2, 0.25) is 0 Å². The molecule has 0 amide bonds. The number of aryl methyl sites for hydroxylation is 1. The quantitative estimate of drug-likeness (QED) is 0.638. The average molecular weight is 289 g/mol. The third kappa shape index (κ3) is 5.03. The fraction of sp³-hybridized carbons (Fsp3) is 0.684. The van der Waals surface area contributed by atoms with Gasteiger partial charge in [-0.1, -0.05) is 70.1 Å². The van der Waals surface area contributed by atoms with Crippen molar-refractivity contribution in [2.24, 2.45) is 5.73 Å². The van der Waals surface area contributed by atoms with Gasteiger partial charge in [0.05, 0.1) is 6.61 Å². The van der Waals surface area contributed by atoms with Gasteiger partial charge in [-0.25, -0.2) is 0 Å². The third-order valence-corrected chi connectivity index (χ3v) is 4.48. The number of hydrogen-bond acceptors (Lipinski definition) is 2. The van der Waals surface area contributed by atoms with Gasteiger partial charge in [0.25, 0.3) is 0 Å². The van der Waals surface area contributed by atoms with Gasteiger partial charge in [0.2, 0.25) is 0 Å². The van der Waals surface area contributed by atoms with Crippen LogP contribution < -0.4 is 10.5 Å². The van der Waals surface area contributed by atoms with Crippen molar-refractivity contribution >= 4 is 0 Å². The summed E-state index contributed by atoms with van der Waals surface area (Å²) < 4.78 is 5.87. The molecule has 2 heteroatoms. The van der Waals surface area contributed by atoms with Crippen LogP contribution in [0.3, 0.4) is 0 Å². The van der Waals surface area contributed by atoms with E-state index >= 15 is 0 Å². The minimum Gasteiger partial charge on any atom is -0.493 e. The molecule has 0 aliphatic carbocycles. The van der Waals surface area contributed by atoms with Crippen LogP contribution >= 0.6 is 0 Å². The van der Waals surface area contributed by atoms with Gasteiger partial charge in [-0.05, 0) is 24.8 Å². The summed E-state index contributed by atoms with van der Waals surface area (Å²) in [5.74, 6) is 1.08. The van der Waals surface area contributed by atoms with Crippen molar-refractivity contribution in [3.05, 3.63) is 29.3 Å². The van der Waals surface area contributed by atoms with Gasteiger partial charge in [-0.15, -0.1) is 0 Å². The topological polar surface area (TPSA) is 35.2 Å². The van der Waals surface area contributed by atoms with Crippen LogP contribution in [0.25, 0.3) is 0 Å². The molecule has 118 valence electrons. The first-order chi connectivity index (χ1) is 10.3. The molecule has 0 bridgehead atoms. The number of fused-ring (bicyclic) bond motifs is 1. The van der Waals surface area contributed by atoms with Gasteiger partial charge in [0.15, 0.2) is 0 Å². The predicted octanol–water partition coefficient (Wildman–Crippen LogP) is 5.15. The Morgan fingerprint density at radius 2 is 1.86 bits per heavy atom. The Bertz CT molecular complexity index is 416. The first kappa shape index (κ1) is 16.4. The Labute approximate surface area is 130 Å². The zero-order valence-corrected chi connectivity index (χ0v) is 13.6. The highest BCUT2D eigenvalue weighted by molar-refractivity contribution is 5.44. The van der Waals surface area contributed by atoms with Gasteiger partial charge in [-0.3, -0.25) is 0 Å². The van der Waals surface area contributed by atoms with Crippen LogP contribution in [-0.2, 0) is 6.42 Å². The first-order valence-corrected chi connectivity index (χ1v) is 8.83. The van der Waals surface area contributed by atoms with Gasteiger partial charge in [0.1, 0.15) is 5.75 Å². The van der Waals surface area contributed by atoms with Crippen LogP contribution in [0, 0.1) is 0 Å². The fourth-order valence-corrected chi connectivity index (χ4v) is 3.18. The summed E-state index contributed by atoms with van der Waals surface area (Å²) in [5.41, 5.74) is 8.96. The van der Waals surface area contributed by atoms with Gasteiger partial charge >= 0.3 is 0 Å². The van der Waals surface area contributed by atoms with E-state index in [1.54, 1.807) is 0 Å². The van der Waals surface area contributed by atoms with Gasteiger partial charge in [0, 0.05) is 11.6 Å². The van der Waals surface area contributed by atoms with Crippen molar-refractivity contribution in [2.45, 2.75) is 77.2 Å². The van der Waals surface area contributed by atoms with E-state index in [1.807, 2.05) is 0 Å². The van der Waals surface area contributed by atoms with E-state index < -0.39 is 0 Å². The number of para-hydroxylation sites is 1. The Balaban J connectivity index is 1.75. The monoisotopic (exact) mass is 289 g/mol. The van der Waals surface area contributed by atoms with E-state index in [1.165, 1.54) is 56.1 Å². The van der Waals surface area contributed by atoms with Crippen molar-refractivity contribution in [2.75, 3.05) is 6.61 Å². The van der Waals surface area contributed by atoms with Crippen LogP contribution in [-0.4, -0.2) is 6.61 Å². The average Bonchev–Trinajstić information content (AvgIpc) is 2.53. The molecule has 1 heterocycles. The zero-order chi connectivity index (χ0) is 14.9. The molecular weight excluding hydrogens is 258 g/mol. The SMILES string of the molecule is CCCCCCCCCC(N)c1cccc2c1OCCC2. The minimum absolute atomic E-state index is 0.133. The molecule has 0 saturated heterocycles. The summed E-state index contributed by atoms with van der Waals surface area (Å²) in [5, 5.41) is 0. The lowest BCUT2D eigenvalue weighted by Gasteiger charge is -2.23. The van der Waals surface area contributed by atoms with Crippen molar-refractivity contribution < 1.29 is 4.74 Å². The summed E-state index contributed by atoms with van der Waals surface area (Å²) in [4.78, 5) is 0. The lowest BCUT2D eigenvalue weighted by Crippen LogP contribution is -2.16. The van der Waals surface area contributed by atoms with E-state index in [-0.39, 0.29) is 6.04 Å². The zero-order valence-electron chi connectivity index (χ0n) is 13.6. The molecule has 1 aromatic rings. The highest BCUT2D eigenvalue weighted by atomic mass is 16.5. The standard InChI is InChI=1S/C19H31NO/c1-2-3-4-5-6-7-8-14-18(20)17-13-9-11-16-12-10-15-21-19(16)17/h9,11,13,18H,2-8,10,12,14-15,20H2,1H3. The number of rotatable bonds is 9. The lowest BCUT2D eigenvalue weighted by atomic mass is 9.95. The molecule has 2 nitrogen and oxygen atoms in total. The predicted molar refractivity (Wildman–Crippen MR) is 89.8 cm³/mol. The van der Waals surface area contributed by atoms with E-state index in [4.69, 9.17) is 10.5 Å². The normalized spacial score (nSPS) is 15.3. The molecule has 1 aliphatic heterocycles. The summed E-state index contributed by atoms with van der Waals surface area (Å²) in [6.07, 6.45) is 12.7. The Kier molecular flexibility index (Phi) is 7.08. The number of nitrogens with two attached hydrogens (primary N) is 1. The van der Waals surface area contributed by atoms with Gasteiger partial charge < -0.3 is 10.5 Å².